The number of nitrogens with one attached hydrogen (secondary N) is 2. The van der Waals surface area contributed by atoms with Gasteiger partial charge in [0.1, 0.15) is 11.5 Å². The Morgan fingerprint density at radius 1 is 1.04 bits per heavy atom. The number of sulfonamides is 1. The molecule has 25 heavy (non-hydrogen) atoms. The molecule has 2 N–H and O–H groups in total. The van der Waals surface area contributed by atoms with Gasteiger partial charge in [-0.05, 0) is 24.3 Å². The van der Waals surface area contributed by atoms with Gasteiger partial charge in [-0.2, -0.15) is 0 Å². The lowest BCUT2D eigenvalue weighted by molar-refractivity contribution is 0.0960. The average molecular weight is 364 g/mol. The van der Waals surface area contributed by atoms with Crippen molar-refractivity contribution in [2.45, 2.75) is 11.4 Å². The van der Waals surface area contributed by atoms with Crippen LogP contribution in [-0.2, 0) is 16.6 Å². The minimum Gasteiger partial charge on any atom is -0.496 e. The highest BCUT2D eigenvalue weighted by molar-refractivity contribution is 7.89. The summed E-state index contributed by atoms with van der Waals surface area (Å²) < 4.78 is 37.9. The lowest BCUT2D eigenvalue weighted by Gasteiger charge is -2.12. The van der Waals surface area contributed by atoms with Gasteiger partial charge in [-0.1, -0.05) is 18.2 Å². The molecule has 8 heteroatoms. The summed E-state index contributed by atoms with van der Waals surface area (Å²) >= 11 is 0. The predicted octanol–water partition coefficient (Wildman–Crippen LogP) is 1.54. The van der Waals surface area contributed by atoms with E-state index in [9.17, 15) is 13.2 Å². The molecule has 134 valence electrons. The second-order valence-corrected chi connectivity index (χ2v) is 6.84. The third kappa shape index (κ3) is 4.28. The van der Waals surface area contributed by atoms with E-state index in [0.717, 1.165) is 0 Å². The Morgan fingerprint density at radius 3 is 2.36 bits per heavy atom. The van der Waals surface area contributed by atoms with E-state index in [-0.39, 0.29) is 17.0 Å². The normalized spacial score (nSPS) is 11.0. The molecule has 0 aliphatic carbocycles. The molecular weight excluding hydrogens is 344 g/mol. The summed E-state index contributed by atoms with van der Waals surface area (Å²) in [4.78, 5) is 11.9. The first kappa shape index (κ1) is 18.8. The molecule has 0 spiro atoms. The first-order valence-corrected chi connectivity index (χ1v) is 8.93. The van der Waals surface area contributed by atoms with Crippen LogP contribution in [-0.4, -0.2) is 35.6 Å². The largest absolute Gasteiger partial charge is 0.496 e. The van der Waals surface area contributed by atoms with Crippen LogP contribution in [0.25, 0.3) is 0 Å². The molecule has 0 heterocycles. The minimum absolute atomic E-state index is 0.0261. The summed E-state index contributed by atoms with van der Waals surface area (Å²) in [5, 5.41) is 2.46. The van der Waals surface area contributed by atoms with Gasteiger partial charge in [0.2, 0.25) is 10.0 Å². The molecule has 0 bridgehead atoms. The average Bonchev–Trinajstić information content (AvgIpc) is 2.65. The van der Waals surface area contributed by atoms with Gasteiger partial charge in [-0.25, -0.2) is 13.1 Å². The second kappa shape index (κ2) is 8.00. The molecule has 0 aromatic heterocycles. The highest BCUT2D eigenvalue weighted by Crippen LogP contribution is 2.23. The Balaban J connectivity index is 2.29. The Bertz CT molecular complexity index is 865. The maximum Gasteiger partial charge on any atom is 0.254 e. The van der Waals surface area contributed by atoms with Gasteiger partial charge in [-0.3, -0.25) is 4.79 Å². The number of hydrogen-bond donors (Lipinski definition) is 2. The van der Waals surface area contributed by atoms with E-state index < -0.39 is 15.9 Å². The zero-order valence-electron chi connectivity index (χ0n) is 14.2. The number of rotatable bonds is 7. The van der Waals surface area contributed by atoms with Gasteiger partial charge in [0, 0.05) is 19.2 Å². The number of para-hydroxylation sites is 1. The van der Waals surface area contributed by atoms with Crippen molar-refractivity contribution < 1.29 is 22.7 Å². The number of hydrogen-bond acceptors (Lipinski definition) is 5. The topological polar surface area (TPSA) is 93.7 Å². The summed E-state index contributed by atoms with van der Waals surface area (Å²) in [6.07, 6.45) is 0. The van der Waals surface area contributed by atoms with Crippen LogP contribution in [0.1, 0.15) is 15.9 Å². The van der Waals surface area contributed by atoms with Crippen LogP contribution in [0.3, 0.4) is 0 Å². The van der Waals surface area contributed by atoms with Crippen molar-refractivity contribution in [1.82, 2.24) is 10.0 Å². The highest BCUT2D eigenvalue weighted by atomic mass is 32.2. The van der Waals surface area contributed by atoms with E-state index in [4.69, 9.17) is 9.47 Å². The number of carbonyl (C=O) groups excluding carboxylic acids is 1. The van der Waals surface area contributed by atoms with E-state index in [2.05, 4.69) is 10.0 Å². The molecular formula is C17H20N2O5S. The third-order valence-corrected chi connectivity index (χ3v) is 5.00. The van der Waals surface area contributed by atoms with Crippen LogP contribution in [0.15, 0.2) is 47.4 Å². The van der Waals surface area contributed by atoms with Crippen molar-refractivity contribution in [2.75, 3.05) is 21.3 Å². The van der Waals surface area contributed by atoms with Gasteiger partial charge in [0.15, 0.2) is 0 Å². The van der Waals surface area contributed by atoms with Crippen LogP contribution >= 0.6 is 0 Å². The van der Waals surface area contributed by atoms with Crippen molar-refractivity contribution in [3.05, 3.63) is 53.6 Å². The standard InChI is InChI=1S/C17H20N2O5S/c1-18-17(20)14-10-13(8-9-16(14)24-3)25(21,22)19-11-12-6-4-5-7-15(12)23-2/h4-10,19H,11H2,1-3H3,(H,18,20). The number of benzene rings is 2. The number of ether oxygens (including phenoxy) is 2. The molecule has 0 aliphatic heterocycles. The Labute approximate surface area is 147 Å². The van der Waals surface area contributed by atoms with E-state index >= 15 is 0 Å². The predicted molar refractivity (Wildman–Crippen MR) is 93.4 cm³/mol. The smallest absolute Gasteiger partial charge is 0.254 e. The summed E-state index contributed by atoms with van der Waals surface area (Å²) in [5.74, 6) is 0.452. The van der Waals surface area contributed by atoms with Crippen LogP contribution < -0.4 is 19.5 Å². The minimum atomic E-state index is -3.81. The Kier molecular flexibility index (Phi) is 6.00. The summed E-state index contributed by atoms with van der Waals surface area (Å²) in [5.41, 5.74) is 0.846. The summed E-state index contributed by atoms with van der Waals surface area (Å²) in [6, 6.07) is 11.2. The van der Waals surface area contributed by atoms with Crippen molar-refractivity contribution in [3.8, 4) is 11.5 Å². The fourth-order valence-corrected chi connectivity index (χ4v) is 3.30. The quantitative estimate of drug-likeness (QED) is 0.777. The zero-order chi connectivity index (χ0) is 18.4. The Hall–Kier alpha value is -2.58. The van der Waals surface area contributed by atoms with Crippen LogP contribution in [0, 0.1) is 0 Å². The molecule has 7 nitrogen and oxygen atoms in total. The first-order valence-electron chi connectivity index (χ1n) is 7.44. The van der Waals surface area contributed by atoms with Gasteiger partial charge < -0.3 is 14.8 Å². The highest BCUT2D eigenvalue weighted by Gasteiger charge is 2.19. The molecule has 2 rings (SSSR count). The lowest BCUT2D eigenvalue weighted by Crippen LogP contribution is -2.25. The fraction of sp³-hybridized carbons (Fsp3) is 0.235. The van der Waals surface area contributed by atoms with Crippen molar-refractivity contribution in [3.63, 3.8) is 0 Å². The zero-order valence-corrected chi connectivity index (χ0v) is 15.0. The van der Waals surface area contributed by atoms with E-state index in [1.165, 1.54) is 39.5 Å². The number of carbonyl (C=O) groups is 1. The molecule has 1 amide bonds. The van der Waals surface area contributed by atoms with E-state index in [1.54, 1.807) is 24.3 Å². The SMILES string of the molecule is CNC(=O)c1cc(S(=O)(=O)NCc2ccccc2OC)ccc1OC. The fourth-order valence-electron chi connectivity index (χ4n) is 2.27. The first-order chi connectivity index (χ1) is 11.9. The third-order valence-electron chi connectivity index (χ3n) is 3.60. The Morgan fingerprint density at radius 2 is 1.72 bits per heavy atom. The molecule has 0 saturated heterocycles. The monoisotopic (exact) mass is 364 g/mol. The van der Waals surface area contributed by atoms with Crippen molar-refractivity contribution in [1.29, 1.82) is 0 Å². The molecule has 0 saturated carbocycles. The van der Waals surface area contributed by atoms with Crippen LogP contribution in [0.2, 0.25) is 0 Å². The van der Waals surface area contributed by atoms with Gasteiger partial charge >= 0.3 is 0 Å². The summed E-state index contributed by atoms with van der Waals surface area (Å²) in [7, 11) is 0.580. The molecule has 0 fully saturated rings. The van der Waals surface area contributed by atoms with Crippen LogP contribution in [0.4, 0.5) is 0 Å². The van der Waals surface area contributed by atoms with Gasteiger partial charge in [-0.15, -0.1) is 0 Å². The molecule has 0 unspecified atom stereocenters. The summed E-state index contributed by atoms with van der Waals surface area (Å²) in [6.45, 7) is 0.0632. The molecule has 2 aromatic rings. The van der Waals surface area contributed by atoms with Crippen molar-refractivity contribution >= 4 is 15.9 Å². The lowest BCUT2D eigenvalue weighted by atomic mass is 10.2. The van der Waals surface area contributed by atoms with Gasteiger partial charge in [0.25, 0.3) is 5.91 Å². The van der Waals surface area contributed by atoms with Crippen LogP contribution in [0.5, 0.6) is 11.5 Å². The maximum absolute atomic E-state index is 12.5. The van der Waals surface area contributed by atoms with Crippen molar-refractivity contribution in [2.24, 2.45) is 0 Å². The van der Waals surface area contributed by atoms with Gasteiger partial charge in [0.05, 0.1) is 24.7 Å². The molecule has 0 radical (unpaired) electrons. The number of methoxy groups -OCH3 is 2. The second-order valence-electron chi connectivity index (χ2n) is 5.08. The molecule has 0 aliphatic rings. The molecule has 0 atom stereocenters. The van der Waals surface area contributed by atoms with E-state index in [0.29, 0.717) is 17.1 Å². The number of amides is 1. The van der Waals surface area contributed by atoms with E-state index in [1.807, 2.05) is 0 Å². The molecule has 2 aromatic carbocycles. The maximum atomic E-state index is 12.5.